The molecule has 3 N–H and O–H groups in total. The molecule has 6 nitrogen and oxygen atoms in total. The lowest BCUT2D eigenvalue weighted by Crippen LogP contribution is -2.15. The first-order valence-electron chi connectivity index (χ1n) is 6.54. The molecule has 2 rings (SSSR count). The van der Waals surface area contributed by atoms with Gasteiger partial charge in [0.1, 0.15) is 5.75 Å². The van der Waals surface area contributed by atoms with Gasteiger partial charge in [0.25, 0.3) is 5.91 Å². The third-order valence-corrected chi connectivity index (χ3v) is 3.10. The first-order chi connectivity index (χ1) is 10.0. The summed E-state index contributed by atoms with van der Waals surface area (Å²) in [4.78, 5) is 12.4. The Balaban J connectivity index is 2.29. The second-order valence-electron chi connectivity index (χ2n) is 4.68. The quantitative estimate of drug-likeness (QED) is 0.894. The Bertz CT molecular complexity index is 671. The highest BCUT2D eigenvalue weighted by molar-refractivity contribution is 6.05. The number of nitrogens with zero attached hydrogens (tertiary/aromatic N) is 2. The molecular weight excluding hydrogens is 268 g/mol. The number of aromatic nitrogens is 2. The number of hydrogen-bond acceptors (Lipinski definition) is 5. The minimum Gasteiger partial charge on any atom is -0.495 e. The van der Waals surface area contributed by atoms with Gasteiger partial charge in [0.2, 0.25) is 0 Å². The fourth-order valence-corrected chi connectivity index (χ4v) is 1.94. The van der Waals surface area contributed by atoms with Crippen LogP contribution < -0.4 is 15.8 Å². The van der Waals surface area contributed by atoms with E-state index in [1.54, 1.807) is 39.2 Å². The molecule has 0 spiro atoms. The summed E-state index contributed by atoms with van der Waals surface area (Å²) in [6.07, 6.45) is 0. The summed E-state index contributed by atoms with van der Waals surface area (Å²) in [6, 6.07) is 7.13. The van der Waals surface area contributed by atoms with Crippen molar-refractivity contribution in [1.29, 1.82) is 0 Å². The van der Waals surface area contributed by atoms with Crippen molar-refractivity contribution in [3.8, 4) is 5.75 Å². The highest BCUT2D eigenvalue weighted by atomic mass is 16.5. The topological polar surface area (TPSA) is 90.1 Å². The smallest absolute Gasteiger partial charge is 0.257 e. The summed E-state index contributed by atoms with van der Waals surface area (Å²) in [5, 5.41) is 10.7. The molecule has 6 heteroatoms. The largest absolute Gasteiger partial charge is 0.495 e. The van der Waals surface area contributed by atoms with Gasteiger partial charge in [-0.1, -0.05) is 6.07 Å². The zero-order valence-electron chi connectivity index (χ0n) is 12.3. The molecule has 0 saturated heterocycles. The predicted molar refractivity (Wildman–Crippen MR) is 80.3 cm³/mol. The molecule has 0 radical (unpaired) electrons. The molecule has 0 fully saturated rings. The van der Waals surface area contributed by atoms with Gasteiger partial charge in [-0.25, -0.2) is 0 Å². The molecule has 0 saturated carbocycles. The molecule has 0 aliphatic heterocycles. The molecule has 110 valence electrons. The lowest BCUT2D eigenvalue weighted by atomic mass is 10.1. The summed E-state index contributed by atoms with van der Waals surface area (Å²) >= 11 is 0. The molecule has 0 aliphatic rings. The van der Waals surface area contributed by atoms with Crippen LogP contribution in [0, 0.1) is 13.8 Å². The number of carbonyl (C=O) groups excluding carboxylic acids is 1. The molecule has 1 aromatic carbocycles. The minimum atomic E-state index is -0.246. The van der Waals surface area contributed by atoms with Gasteiger partial charge in [0.15, 0.2) is 0 Å². The Morgan fingerprint density at radius 1 is 1.29 bits per heavy atom. The van der Waals surface area contributed by atoms with Crippen LogP contribution in [0.4, 0.5) is 5.69 Å². The first-order valence-corrected chi connectivity index (χ1v) is 6.54. The van der Waals surface area contributed by atoms with Crippen LogP contribution in [0.5, 0.6) is 5.75 Å². The van der Waals surface area contributed by atoms with Gasteiger partial charge in [-0.3, -0.25) is 4.79 Å². The Labute approximate surface area is 123 Å². The monoisotopic (exact) mass is 286 g/mol. The van der Waals surface area contributed by atoms with Gasteiger partial charge in [-0.15, -0.1) is 0 Å². The van der Waals surface area contributed by atoms with Crippen LogP contribution in [0.3, 0.4) is 0 Å². The van der Waals surface area contributed by atoms with Crippen molar-refractivity contribution < 1.29 is 9.53 Å². The normalized spacial score (nSPS) is 10.3. The van der Waals surface area contributed by atoms with Crippen molar-refractivity contribution in [1.82, 2.24) is 10.2 Å². The number of nitrogens with two attached hydrogens (primary N) is 1. The predicted octanol–water partition coefficient (Wildman–Crippen LogP) is 1.81. The summed E-state index contributed by atoms with van der Waals surface area (Å²) in [5.41, 5.74) is 8.88. The second kappa shape index (κ2) is 6.32. The van der Waals surface area contributed by atoms with E-state index in [0.717, 1.165) is 5.56 Å². The van der Waals surface area contributed by atoms with Gasteiger partial charge in [0.05, 0.1) is 29.7 Å². The Kier molecular flexibility index (Phi) is 4.49. The van der Waals surface area contributed by atoms with Gasteiger partial charge in [0, 0.05) is 6.54 Å². The van der Waals surface area contributed by atoms with E-state index in [4.69, 9.17) is 10.5 Å². The fourth-order valence-electron chi connectivity index (χ4n) is 1.94. The molecule has 0 atom stereocenters. The number of amides is 1. The van der Waals surface area contributed by atoms with Crippen molar-refractivity contribution in [2.24, 2.45) is 5.73 Å². The van der Waals surface area contributed by atoms with E-state index in [0.29, 0.717) is 34.9 Å². The number of ether oxygens (including phenoxy) is 1. The summed E-state index contributed by atoms with van der Waals surface area (Å²) in [6.45, 7) is 3.95. The molecule has 0 bridgehead atoms. The van der Waals surface area contributed by atoms with Crippen LogP contribution in [-0.2, 0) is 6.54 Å². The van der Waals surface area contributed by atoms with E-state index < -0.39 is 0 Å². The van der Waals surface area contributed by atoms with Gasteiger partial charge in [-0.05, 0) is 37.6 Å². The maximum Gasteiger partial charge on any atom is 0.257 e. The number of nitrogens with one attached hydrogen (secondary N) is 1. The number of benzene rings is 1. The fraction of sp³-hybridized carbons (Fsp3) is 0.267. The molecule has 2 aromatic rings. The molecule has 1 aromatic heterocycles. The second-order valence-corrected chi connectivity index (χ2v) is 4.68. The van der Waals surface area contributed by atoms with Crippen LogP contribution in [0.15, 0.2) is 24.3 Å². The van der Waals surface area contributed by atoms with E-state index in [9.17, 15) is 4.79 Å². The van der Waals surface area contributed by atoms with Crippen molar-refractivity contribution in [3.63, 3.8) is 0 Å². The Morgan fingerprint density at radius 2 is 2.05 bits per heavy atom. The molecule has 1 amide bonds. The van der Waals surface area contributed by atoms with Crippen LogP contribution in [0.2, 0.25) is 0 Å². The van der Waals surface area contributed by atoms with E-state index in [2.05, 4.69) is 15.5 Å². The molecule has 0 unspecified atom stereocenters. The standard InChI is InChI=1S/C15H18N4O2/c1-9-6-12(10(2)19-18-9)15(20)17-13-5-4-11(8-16)7-14(13)21-3/h4-7H,8,16H2,1-3H3,(H,17,20). The highest BCUT2D eigenvalue weighted by Gasteiger charge is 2.14. The van der Waals surface area contributed by atoms with E-state index in [-0.39, 0.29) is 5.91 Å². The Morgan fingerprint density at radius 3 is 2.71 bits per heavy atom. The number of rotatable bonds is 4. The van der Waals surface area contributed by atoms with E-state index in [1.165, 1.54) is 0 Å². The number of methoxy groups -OCH3 is 1. The SMILES string of the molecule is COc1cc(CN)ccc1NC(=O)c1cc(C)nnc1C. The zero-order valence-corrected chi connectivity index (χ0v) is 12.3. The van der Waals surface area contributed by atoms with Crippen molar-refractivity contribution in [2.75, 3.05) is 12.4 Å². The van der Waals surface area contributed by atoms with E-state index >= 15 is 0 Å². The average molecular weight is 286 g/mol. The van der Waals surface area contributed by atoms with Crippen LogP contribution in [-0.4, -0.2) is 23.2 Å². The maximum absolute atomic E-state index is 12.4. The van der Waals surface area contributed by atoms with Gasteiger partial charge >= 0.3 is 0 Å². The number of hydrogen-bond donors (Lipinski definition) is 2. The van der Waals surface area contributed by atoms with Crippen LogP contribution in [0.25, 0.3) is 0 Å². The van der Waals surface area contributed by atoms with Crippen LogP contribution in [0.1, 0.15) is 27.3 Å². The lowest BCUT2D eigenvalue weighted by molar-refractivity contribution is 0.102. The molecule has 21 heavy (non-hydrogen) atoms. The third-order valence-electron chi connectivity index (χ3n) is 3.10. The summed E-state index contributed by atoms with van der Waals surface area (Å²) in [5.74, 6) is 0.326. The zero-order chi connectivity index (χ0) is 15.4. The van der Waals surface area contributed by atoms with Crippen molar-refractivity contribution >= 4 is 11.6 Å². The number of carbonyl (C=O) groups is 1. The molecule has 0 aliphatic carbocycles. The number of aryl methyl sites for hydroxylation is 2. The first kappa shape index (κ1) is 14.9. The van der Waals surface area contributed by atoms with Crippen molar-refractivity contribution in [3.05, 3.63) is 46.8 Å². The lowest BCUT2D eigenvalue weighted by Gasteiger charge is -2.12. The Hall–Kier alpha value is -2.47. The molecular formula is C15H18N4O2. The minimum absolute atomic E-state index is 0.246. The number of anilines is 1. The average Bonchev–Trinajstić information content (AvgIpc) is 2.49. The summed E-state index contributed by atoms with van der Waals surface area (Å²) in [7, 11) is 1.55. The van der Waals surface area contributed by atoms with Crippen molar-refractivity contribution in [2.45, 2.75) is 20.4 Å². The van der Waals surface area contributed by atoms with Gasteiger partial charge < -0.3 is 15.8 Å². The van der Waals surface area contributed by atoms with Crippen LogP contribution >= 0.6 is 0 Å². The third kappa shape index (κ3) is 3.35. The van der Waals surface area contributed by atoms with E-state index in [1.807, 2.05) is 6.07 Å². The highest BCUT2D eigenvalue weighted by Crippen LogP contribution is 2.26. The summed E-state index contributed by atoms with van der Waals surface area (Å²) < 4.78 is 5.28. The van der Waals surface area contributed by atoms with Gasteiger partial charge in [-0.2, -0.15) is 10.2 Å². The molecule has 1 heterocycles. The maximum atomic E-state index is 12.4.